The zero-order chi connectivity index (χ0) is 21.2. The van der Waals surface area contributed by atoms with Crippen LogP contribution in [0.25, 0.3) is 10.9 Å². The van der Waals surface area contributed by atoms with Crippen LogP contribution in [0.15, 0.2) is 23.0 Å². The highest BCUT2D eigenvalue weighted by molar-refractivity contribution is 5.88. The number of nitro groups is 1. The molecule has 0 N–H and O–H groups in total. The molecule has 0 spiro atoms. The normalized spacial score (nSPS) is 11.1. The second-order valence-corrected chi connectivity index (χ2v) is 7.54. The van der Waals surface area contributed by atoms with Crippen LogP contribution in [0.5, 0.6) is 5.75 Å². The molecule has 0 amide bonds. The molecule has 0 saturated carbocycles. The van der Waals surface area contributed by atoms with E-state index < -0.39 is 4.92 Å². The first kappa shape index (κ1) is 22.9. The molecule has 0 saturated heterocycles. The first-order chi connectivity index (χ1) is 14.0. The minimum atomic E-state index is -0.425. The van der Waals surface area contributed by atoms with Gasteiger partial charge in [0.2, 0.25) is 0 Å². The van der Waals surface area contributed by atoms with Gasteiger partial charge in [0, 0.05) is 24.1 Å². The fraction of sp³-hybridized carbons (Fsp3) is 0.609. The topological polar surface area (TPSA) is 74.4 Å². The number of non-ortho nitro benzene ring substituents is 1. The number of fused-ring (bicyclic) bond motifs is 1. The molecule has 0 radical (unpaired) electrons. The number of unbranched alkanes of at least 4 members (excludes halogenated alkanes) is 6. The molecule has 0 atom stereocenters. The Morgan fingerprint density at radius 1 is 1.00 bits per heavy atom. The van der Waals surface area contributed by atoms with Gasteiger partial charge in [-0.05, 0) is 32.3 Å². The second kappa shape index (κ2) is 11.6. The van der Waals surface area contributed by atoms with Crippen molar-refractivity contribution in [2.75, 3.05) is 6.61 Å². The van der Waals surface area contributed by atoms with E-state index in [1.54, 1.807) is 10.6 Å². The Morgan fingerprint density at radius 2 is 1.69 bits per heavy atom. The standard InChI is InChI=1S/C23H34N2O4/c1-4-7-9-10-11-12-13-20-22(29-16-8-5-2)19-15-14-18(25(27)28)17-21(19)24(6-3)23(20)26/h14-15,17H,4-13,16H2,1-3H3. The summed E-state index contributed by atoms with van der Waals surface area (Å²) in [7, 11) is 0. The lowest BCUT2D eigenvalue weighted by molar-refractivity contribution is -0.384. The first-order valence-electron chi connectivity index (χ1n) is 11.0. The molecule has 0 unspecified atom stereocenters. The van der Waals surface area contributed by atoms with Crippen molar-refractivity contribution in [1.82, 2.24) is 4.57 Å². The second-order valence-electron chi connectivity index (χ2n) is 7.54. The lowest BCUT2D eigenvalue weighted by atomic mass is 10.0. The van der Waals surface area contributed by atoms with Crippen molar-refractivity contribution in [3.63, 3.8) is 0 Å². The summed E-state index contributed by atoms with van der Waals surface area (Å²) in [6.45, 7) is 7.20. The van der Waals surface area contributed by atoms with Gasteiger partial charge in [-0.15, -0.1) is 0 Å². The summed E-state index contributed by atoms with van der Waals surface area (Å²) in [6, 6.07) is 4.71. The van der Waals surface area contributed by atoms with Crippen LogP contribution >= 0.6 is 0 Å². The highest BCUT2D eigenvalue weighted by Crippen LogP contribution is 2.31. The molecule has 1 aromatic carbocycles. The Bertz CT molecular complexity index is 873. The summed E-state index contributed by atoms with van der Waals surface area (Å²) in [5.74, 6) is 0.617. The number of pyridine rings is 1. The third kappa shape index (κ3) is 5.81. The van der Waals surface area contributed by atoms with Gasteiger partial charge in [0.1, 0.15) is 5.75 Å². The lowest BCUT2D eigenvalue weighted by Crippen LogP contribution is -2.25. The van der Waals surface area contributed by atoms with E-state index in [0.29, 0.717) is 36.4 Å². The smallest absolute Gasteiger partial charge is 0.271 e. The molecule has 0 bridgehead atoms. The average Bonchev–Trinajstić information content (AvgIpc) is 2.71. The van der Waals surface area contributed by atoms with Crippen LogP contribution in [0.3, 0.4) is 0 Å². The van der Waals surface area contributed by atoms with Gasteiger partial charge >= 0.3 is 0 Å². The van der Waals surface area contributed by atoms with E-state index in [9.17, 15) is 14.9 Å². The predicted molar refractivity (Wildman–Crippen MR) is 118 cm³/mol. The summed E-state index contributed by atoms with van der Waals surface area (Å²) < 4.78 is 7.72. The molecule has 29 heavy (non-hydrogen) atoms. The number of aryl methyl sites for hydroxylation is 1. The van der Waals surface area contributed by atoms with Gasteiger partial charge in [0.15, 0.2) is 0 Å². The van der Waals surface area contributed by atoms with E-state index in [1.807, 2.05) is 6.92 Å². The van der Waals surface area contributed by atoms with Gasteiger partial charge < -0.3 is 9.30 Å². The van der Waals surface area contributed by atoms with E-state index in [-0.39, 0.29) is 11.2 Å². The summed E-state index contributed by atoms with van der Waals surface area (Å²) in [4.78, 5) is 24.0. The number of hydrogen-bond acceptors (Lipinski definition) is 4. The Labute approximate surface area is 173 Å². The summed E-state index contributed by atoms with van der Waals surface area (Å²) in [5, 5.41) is 12.0. The highest BCUT2D eigenvalue weighted by atomic mass is 16.6. The zero-order valence-corrected chi connectivity index (χ0v) is 18.0. The number of rotatable bonds is 13. The molecule has 6 nitrogen and oxygen atoms in total. The fourth-order valence-corrected chi connectivity index (χ4v) is 3.68. The van der Waals surface area contributed by atoms with Crippen LogP contribution in [-0.4, -0.2) is 16.1 Å². The monoisotopic (exact) mass is 402 g/mol. The maximum atomic E-state index is 13.2. The van der Waals surface area contributed by atoms with Gasteiger partial charge in [-0.3, -0.25) is 14.9 Å². The van der Waals surface area contributed by atoms with E-state index >= 15 is 0 Å². The molecule has 1 heterocycles. The van der Waals surface area contributed by atoms with Crippen LogP contribution < -0.4 is 10.3 Å². The van der Waals surface area contributed by atoms with Gasteiger partial charge in [0.05, 0.1) is 22.6 Å². The molecule has 0 aliphatic heterocycles. The molecular formula is C23H34N2O4. The van der Waals surface area contributed by atoms with E-state index in [1.165, 1.54) is 37.8 Å². The number of nitro benzene ring substituents is 1. The molecule has 6 heteroatoms. The minimum Gasteiger partial charge on any atom is -0.492 e. The zero-order valence-electron chi connectivity index (χ0n) is 18.0. The third-order valence-electron chi connectivity index (χ3n) is 5.35. The lowest BCUT2D eigenvalue weighted by Gasteiger charge is -2.18. The number of ether oxygens (including phenoxy) is 1. The van der Waals surface area contributed by atoms with Crippen molar-refractivity contribution in [2.24, 2.45) is 0 Å². The largest absolute Gasteiger partial charge is 0.492 e. The van der Waals surface area contributed by atoms with Crippen molar-refractivity contribution >= 4 is 16.6 Å². The number of hydrogen-bond donors (Lipinski definition) is 0. The van der Waals surface area contributed by atoms with Gasteiger partial charge in [-0.2, -0.15) is 0 Å². The fourth-order valence-electron chi connectivity index (χ4n) is 3.68. The van der Waals surface area contributed by atoms with Crippen molar-refractivity contribution in [1.29, 1.82) is 0 Å². The number of aromatic nitrogens is 1. The van der Waals surface area contributed by atoms with Gasteiger partial charge in [-0.1, -0.05) is 52.4 Å². The quantitative estimate of drug-likeness (QED) is 0.233. The first-order valence-corrected chi connectivity index (χ1v) is 11.0. The van der Waals surface area contributed by atoms with Crippen molar-refractivity contribution < 1.29 is 9.66 Å². The van der Waals surface area contributed by atoms with E-state index in [2.05, 4.69) is 13.8 Å². The van der Waals surface area contributed by atoms with Crippen molar-refractivity contribution in [3.8, 4) is 5.75 Å². The van der Waals surface area contributed by atoms with E-state index in [0.717, 1.165) is 31.1 Å². The van der Waals surface area contributed by atoms with Gasteiger partial charge in [-0.25, -0.2) is 0 Å². The number of benzene rings is 1. The van der Waals surface area contributed by atoms with Crippen molar-refractivity contribution in [3.05, 3.63) is 44.2 Å². The van der Waals surface area contributed by atoms with E-state index in [4.69, 9.17) is 4.74 Å². The molecule has 0 aliphatic rings. The van der Waals surface area contributed by atoms with Gasteiger partial charge in [0.25, 0.3) is 11.2 Å². The molecule has 1 aromatic heterocycles. The minimum absolute atomic E-state index is 0.0118. The molecule has 2 rings (SSSR count). The third-order valence-corrected chi connectivity index (χ3v) is 5.35. The molecule has 0 fully saturated rings. The SMILES string of the molecule is CCCCCCCCc1c(OCCCC)c2ccc([N+](=O)[O-])cc2n(CC)c1=O. The summed E-state index contributed by atoms with van der Waals surface area (Å²) >= 11 is 0. The maximum absolute atomic E-state index is 13.2. The maximum Gasteiger partial charge on any atom is 0.271 e. The van der Waals surface area contributed by atoms with Crippen LogP contribution in [0.1, 0.15) is 77.7 Å². The Balaban J connectivity index is 2.44. The van der Waals surface area contributed by atoms with Crippen molar-refractivity contribution in [2.45, 2.75) is 85.1 Å². The molecular weight excluding hydrogens is 368 g/mol. The highest BCUT2D eigenvalue weighted by Gasteiger charge is 2.19. The average molecular weight is 403 g/mol. The van der Waals surface area contributed by atoms with Crippen LogP contribution in [0, 0.1) is 10.1 Å². The number of nitrogens with zero attached hydrogens (tertiary/aromatic N) is 2. The summed E-state index contributed by atoms with van der Waals surface area (Å²) in [5.41, 5.74) is 1.19. The molecule has 0 aliphatic carbocycles. The molecule has 2 aromatic rings. The summed E-state index contributed by atoms with van der Waals surface area (Å²) in [6.07, 6.45) is 9.52. The Kier molecular flexibility index (Phi) is 9.16. The Hall–Kier alpha value is -2.37. The van der Waals surface area contributed by atoms with Crippen LogP contribution in [0.4, 0.5) is 5.69 Å². The predicted octanol–water partition coefficient (Wildman–Crippen LogP) is 6.01. The van der Waals surface area contributed by atoms with Crippen LogP contribution in [0.2, 0.25) is 0 Å². The van der Waals surface area contributed by atoms with Crippen LogP contribution in [-0.2, 0) is 13.0 Å². The Morgan fingerprint density at radius 3 is 2.34 bits per heavy atom. The molecule has 160 valence electrons.